The van der Waals surface area contributed by atoms with Crippen LogP contribution in [0.5, 0.6) is 5.75 Å². The van der Waals surface area contributed by atoms with Gasteiger partial charge in [0, 0.05) is 5.02 Å². The smallest absolute Gasteiger partial charge is 0.258 e. The SMILES string of the molecule is C[C@H](NC(=O)COc1ccccc1F)c1cccc(Cl)c1. The van der Waals surface area contributed by atoms with Crippen LogP contribution >= 0.6 is 11.6 Å². The number of carbonyl (C=O) groups excluding carboxylic acids is 1. The van der Waals surface area contributed by atoms with Gasteiger partial charge in [0.05, 0.1) is 6.04 Å². The van der Waals surface area contributed by atoms with E-state index in [4.69, 9.17) is 16.3 Å². The molecular formula is C16H15ClFNO2. The van der Waals surface area contributed by atoms with Crippen LogP contribution in [0.1, 0.15) is 18.5 Å². The summed E-state index contributed by atoms with van der Waals surface area (Å²) < 4.78 is 18.5. The number of carbonyl (C=O) groups is 1. The van der Waals surface area contributed by atoms with Crippen molar-refractivity contribution in [2.45, 2.75) is 13.0 Å². The highest BCUT2D eigenvalue weighted by molar-refractivity contribution is 6.30. The number of hydrogen-bond donors (Lipinski definition) is 1. The summed E-state index contributed by atoms with van der Waals surface area (Å²) in [6.45, 7) is 1.60. The van der Waals surface area contributed by atoms with E-state index in [0.717, 1.165) is 5.56 Å². The van der Waals surface area contributed by atoms with Gasteiger partial charge in [0.1, 0.15) is 0 Å². The molecule has 2 aromatic carbocycles. The Bertz CT molecular complexity index is 633. The largest absolute Gasteiger partial charge is 0.481 e. The lowest BCUT2D eigenvalue weighted by Crippen LogP contribution is -2.31. The van der Waals surface area contributed by atoms with Crippen molar-refractivity contribution in [2.75, 3.05) is 6.61 Å². The van der Waals surface area contributed by atoms with Crippen LogP contribution < -0.4 is 10.1 Å². The number of hydrogen-bond acceptors (Lipinski definition) is 2. The number of benzene rings is 2. The number of rotatable bonds is 5. The van der Waals surface area contributed by atoms with Crippen molar-refractivity contribution >= 4 is 17.5 Å². The maximum atomic E-state index is 13.3. The van der Waals surface area contributed by atoms with Crippen molar-refractivity contribution in [3.63, 3.8) is 0 Å². The van der Waals surface area contributed by atoms with Gasteiger partial charge in [-0.1, -0.05) is 35.9 Å². The minimum atomic E-state index is -0.492. The Morgan fingerprint density at radius 3 is 2.76 bits per heavy atom. The second-order valence-electron chi connectivity index (χ2n) is 4.56. The third kappa shape index (κ3) is 4.46. The molecule has 0 aromatic heterocycles. The molecular weight excluding hydrogens is 293 g/mol. The predicted molar refractivity (Wildman–Crippen MR) is 79.9 cm³/mol. The number of para-hydroxylation sites is 1. The molecule has 21 heavy (non-hydrogen) atoms. The molecule has 0 saturated heterocycles. The average molecular weight is 308 g/mol. The maximum absolute atomic E-state index is 13.3. The first-order valence-electron chi connectivity index (χ1n) is 6.48. The Labute approximate surface area is 127 Å². The molecule has 0 unspecified atom stereocenters. The fourth-order valence-corrected chi connectivity index (χ4v) is 2.05. The zero-order valence-electron chi connectivity index (χ0n) is 11.5. The van der Waals surface area contributed by atoms with Crippen molar-refractivity contribution in [3.05, 3.63) is 64.9 Å². The Kier molecular flexibility index (Phi) is 5.17. The zero-order chi connectivity index (χ0) is 15.2. The molecule has 0 heterocycles. The van der Waals surface area contributed by atoms with Crippen molar-refractivity contribution in [2.24, 2.45) is 0 Å². The Hall–Kier alpha value is -2.07. The van der Waals surface area contributed by atoms with Crippen LogP contribution in [-0.2, 0) is 4.79 Å². The summed E-state index contributed by atoms with van der Waals surface area (Å²) in [5, 5.41) is 3.38. The fourth-order valence-electron chi connectivity index (χ4n) is 1.85. The maximum Gasteiger partial charge on any atom is 0.258 e. The van der Waals surface area contributed by atoms with Gasteiger partial charge in [-0.05, 0) is 36.8 Å². The van der Waals surface area contributed by atoms with E-state index in [2.05, 4.69) is 5.32 Å². The van der Waals surface area contributed by atoms with E-state index in [1.165, 1.54) is 12.1 Å². The monoisotopic (exact) mass is 307 g/mol. The summed E-state index contributed by atoms with van der Waals surface area (Å²) >= 11 is 5.91. The van der Waals surface area contributed by atoms with Gasteiger partial charge < -0.3 is 10.1 Å². The quantitative estimate of drug-likeness (QED) is 0.914. The third-order valence-corrected chi connectivity index (χ3v) is 3.16. The van der Waals surface area contributed by atoms with Gasteiger partial charge in [-0.25, -0.2) is 4.39 Å². The minimum Gasteiger partial charge on any atom is -0.481 e. The Morgan fingerprint density at radius 2 is 2.05 bits per heavy atom. The van der Waals surface area contributed by atoms with Crippen LogP contribution in [0.3, 0.4) is 0 Å². The van der Waals surface area contributed by atoms with Crippen LogP contribution in [0, 0.1) is 5.82 Å². The first-order chi connectivity index (χ1) is 10.1. The summed E-state index contributed by atoms with van der Waals surface area (Å²) in [7, 11) is 0. The van der Waals surface area contributed by atoms with E-state index in [1.807, 2.05) is 19.1 Å². The molecule has 0 aliphatic rings. The van der Waals surface area contributed by atoms with Gasteiger partial charge in [-0.2, -0.15) is 0 Å². The molecule has 0 saturated carbocycles. The molecule has 0 bridgehead atoms. The molecule has 0 radical (unpaired) electrons. The molecule has 0 aliphatic carbocycles. The molecule has 0 spiro atoms. The van der Waals surface area contributed by atoms with Crippen molar-refractivity contribution < 1.29 is 13.9 Å². The van der Waals surface area contributed by atoms with E-state index in [-0.39, 0.29) is 24.3 Å². The summed E-state index contributed by atoms with van der Waals surface area (Å²) in [6.07, 6.45) is 0. The van der Waals surface area contributed by atoms with E-state index in [1.54, 1.807) is 24.3 Å². The van der Waals surface area contributed by atoms with Crippen LogP contribution in [-0.4, -0.2) is 12.5 Å². The van der Waals surface area contributed by atoms with E-state index in [9.17, 15) is 9.18 Å². The highest BCUT2D eigenvalue weighted by Crippen LogP contribution is 2.18. The second-order valence-corrected chi connectivity index (χ2v) is 5.00. The second kappa shape index (κ2) is 7.09. The molecule has 2 aromatic rings. The van der Waals surface area contributed by atoms with Crippen LogP contribution in [0.2, 0.25) is 5.02 Å². The lowest BCUT2D eigenvalue weighted by atomic mass is 10.1. The first-order valence-corrected chi connectivity index (χ1v) is 6.86. The molecule has 1 amide bonds. The first kappa shape index (κ1) is 15.3. The highest BCUT2D eigenvalue weighted by atomic mass is 35.5. The van der Waals surface area contributed by atoms with Crippen molar-refractivity contribution in [3.8, 4) is 5.75 Å². The fraction of sp³-hybridized carbons (Fsp3) is 0.188. The van der Waals surface area contributed by atoms with Gasteiger partial charge in [-0.3, -0.25) is 4.79 Å². The lowest BCUT2D eigenvalue weighted by molar-refractivity contribution is -0.123. The van der Waals surface area contributed by atoms with Crippen molar-refractivity contribution in [1.82, 2.24) is 5.32 Å². The Balaban J connectivity index is 1.89. The van der Waals surface area contributed by atoms with Gasteiger partial charge in [0.2, 0.25) is 0 Å². The summed E-state index contributed by atoms with van der Waals surface area (Å²) in [5.41, 5.74) is 0.891. The van der Waals surface area contributed by atoms with Crippen LogP contribution in [0.4, 0.5) is 4.39 Å². The van der Waals surface area contributed by atoms with Crippen LogP contribution in [0.15, 0.2) is 48.5 Å². The number of amides is 1. The van der Waals surface area contributed by atoms with Crippen LogP contribution in [0.25, 0.3) is 0 Å². The van der Waals surface area contributed by atoms with Crippen molar-refractivity contribution in [1.29, 1.82) is 0 Å². The average Bonchev–Trinajstić information content (AvgIpc) is 2.46. The number of ether oxygens (including phenoxy) is 1. The summed E-state index contributed by atoms with van der Waals surface area (Å²) in [6, 6.07) is 13.0. The molecule has 1 atom stereocenters. The predicted octanol–water partition coefficient (Wildman–Crippen LogP) is 3.74. The van der Waals surface area contributed by atoms with Gasteiger partial charge in [-0.15, -0.1) is 0 Å². The molecule has 1 N–H and O–H groups in total. The van der Waals surface area contributed by atoms with E-state index >= 15 is 0 Å². The lowest BCUT2D eigenvalue weighted by Gasteiger charge is -2.15. The van der Waals surface area contributed by atoms with E-state index < -0.39 is 5.82 Å². The number of halogens is 2. The standard InChI is InChI=1S/C16H15ClFNO2/c1-11(12-5-4-6-13(17)9-12)19-16(20)10-21-15-8-3-2-7-14(15)18/h2-9,11H,10H2,1H3,(H,19,20)/t11-/m0/s1. The molecule has 0 aliphatic heterocycles. The molecule has 3 nitrogen and oxygen atoms in total. The van der Waals surface area contributed by atoms with Gasteiger partial charge in [0.15, 0.2) is 18.2 Å². The normalized spacial score (nSPS) is 11.8. The van der Waals surface area contributed by atoms with Gasteiger partial charge >= 0.3 is 0 Å². The topological polar surface area (TPSA) is 38.3 Å². The van der Waals surface area contributed by atoms with Gasteiger partial charge in [0.25, 0.3) is 5.91 Å². The third-order valence-electron chi connectivity index (χ3n) is 2.92. The highest BCUT2D eigenvalue weighted by Gasteiger charge is 2.11. The molecule has 5 heteroatoms. The molecule has 110 valence electrons. The molecule has 2 rings (SSSR count). The summed E-state index contributed by atoms with van der Waals surface area (Å²) in [5.74, 6) is -0.762. The summed E-state index contributed by atoms with van der Waals surface area (Å²) in [4.78, 5) is 11.8. The zero-order valence-corrected chi connectivity index (χ0v) is 12.2. The number of nitrogens with one attached hydrogen (secondary N) is 1. The Morgan fingerprint density at radius 1 is 1.29 bits per heavy atom. The van der Waals surface area contributed by atoms with E-state index in [0.29, 0.717) is 5.02 Å². The molecule has 0 fully saturated rings. The minimum absolute atomic E-state index is 0.0584.